The molecule has 1 fully saturated rings. The molecule has 0 aromatic carbocycles. The number of aryl methyl sites for hydroxylation is 1. The molecule has 1 saturated heterocycles. The van der Waals surface area contributed by atoms with Crippen molar-refractivity contribution in [2.45, 2.75) is 52.7 Å². The summed E-state index contributed by atoms with van der Waals surface area (Å²) in [6.07, 6.45) is 0.583. The zero-order chi connectivity index (χ0) is 14.9. The molecule has 2 amide bonds. The first-order valence-corrected chi connectivity index (χ1v) is 6.97. The van der Waals surface area contributed by atoms with Gasteiger partial charge < -0.3 is 14.7 Å². The molecular formula is C14H21N3O3. The fraction of sp³-hybridized carbons (Fsp3) is 0.643. The number of nitrogens with one attached hydrogen (secondary N) is 1. The zero-order valence-electron chi connectivity index (χ0n) is 12.3. The Labute approximate surface area is 118 Å². The molecule has 1 aliphatic rings. The molecule has 1 N–H and O–H groups in total. The van der Waals surface area contributed by atoms with Gasteiger partial charge in [0.2, 0.25) is 11.8 Å². The van der Waals surface area contributed by atoms with Crippen LogP contribution < -0.4 is 5.32 Å². The molecule has 0 radical (unpaired) electrons. The van der Waals surface area contributed by atoms with Crippen LogP contribution in [0.4, 0.5) is 0 Å². The quantitative estimate of drug-likeness (QED) is 0.900. The summed E-state index contributed by atoms with van der Waals surface area (Å²) in [6.45, 7) is 7.86. The monoisotopic (exact) mass is 279 g/mol. The molecule has 0 aliphatic carbocycles. The maximum atomic E-state index is 12.5. The minimum Gasteiger partial charge on any atom is -0.361 e. The first-order valence-electron chi connectivity index (χ1n) is 6.97. The Morgan fingerprint density at radius 3 is 2.65 bits per heavy atom. The predicted octanol–water partition coefficient (Wildman–Crippen LogP) is 1.24. The minimum absolute atomic E-state index is 0.0490. The first-order chi connectivity index (χ1) is 9.43. The molecule has 20 heavy (non-hydrogen) atoms. The lowest BCUT2D eigenvalue weighted by Gasteiger charge is -2.39. The van der Waals surface area contributed by atoms with E-state index in [4.69, 9.17) is 4.52 Å². The van der Waals surface area contributed by atoms with Crippen molar-refractivity contribution in [2.24, 2.45) is 5.92 Å². The average molecular weight is 279 g/mol. The van der Waals surface area contributed by atoms with Crippen molar-refractivity contribution in [2.75, 3.05) is 0 Å². The number of carbonyl (C=O) groups is 2. The van der Waals surface area contributed by atoms with Gasteiger partial charge in [-0.05, 0) is 19.3 Å². The molecule has 1 aromatic heterocycles. The molecule has 6 nitrogen and oxygen atoms in total. The van der Waals surface area contributed by atoms with Gasteiger partial charge in [0.15, 0.2) is 0 Å². The average Bonchev–Trinajstić information content (AvgIpc) is 2.79. The van der Waals surface area contributed by atoms with Gasteiger partial charge in [-0.3, -0.25) is 9.59 Å². The van der Waals surface area contributed by atoms with E-state index in [9.17, 15) is 9.59 Å². The van der Waals surface area contributed by atoms with Gasteiger partial charge in [-0.1, -0.05) is 25.9 Å². The van der Waals surface area contributed by atoms with Crippen molar-refractivity contribution in [1.29, 1.82) is 0 Å². The first kappa shape index (κ1) is 14.6. The lowest BCUT2D eigenvalue weighted by atomic mass is 9.97. The summed E-state index contributed by atoms with van der Waals surface area (Å²) < 4.78 is 5.02. The van der Waals surface area contributed by atoms with Crippen LogP contribution in [0, 0.1) is 12.8 Å². The molecule has 110 valence electrons. The number of piperazine rings is 1. The highest BCUT2D eigenvalue weighted by atomic mass is 16.5. The molecule has 0 saturated carbocycles. The zero-order valence-corrected chi connectivity index (χ0v) is 12.3. The molecule has 2 unspecified atom stereocenters. The molecule has 2 rings (SSSR count). The Morgan fingerprint density at radius 2 is 2.15 bits per heavy atom. The van der Waals surface area contributed by atoms with Crippen LogP contribution in [0.5, 0.6) is 0 Å². The van der Waals surface area contributed by atoms with Crippen molar-refractivity contribution in [3.63, 3.8) is 0 Å². The van der Waals surface area contributed by atoms with Crippen molar-refractivity contribution in [1.82, 2.24) is 15.4 Å². The minimum atomic E-state index is -0.460. The van der Waals surface area contributed by atoms with E-state index in [1.54, 1.807) is 17.9 Å². The molecular weight excluding hydrogens is 258 g/mol. The molecule has 2 atom stereocenters. The Balaban J connectivity index is 2.24. The van der Waals surface area contributed by atoms with Gasteiger partial charge in [0.1, 0.15) is 23.5 Å². The van der Waals surface area contributed by atoms with Crippen LogP contribution in [0.2, 0.25) is 0 Å². The van der Waals surface area contributed by atoms with Gasteiger partial charge in [0.05, 0.1) is 6.54 Å². The molecule has 6 heteroatoms. The topological polar surface area (TPSA) is 75.4 Å². The number of hydrogen-bond donors (Lipinski definition) is 1. The SMILES string of the molecule is CCC1C(=O)NC(C(C)C)C(=O)N1Cc1cc(C)on1. The number of amides is 2. The van der Waals surface area contributed by atoms with E-state index in [0.29, 0.717) is 24.4 Å². The second-order valence-corrected chi connectivity index (χ2v) is 5.55. The maximum absolute atomic E-state index is 12.5. The van der Waals surface area contributed by atoms with Gasteiger partial charge >= 0.3 is 0 Å². The third kappa shape index (κ3) is 2.69. The van der Waals surface area contributed by atoms with Gasteiger partial charge in [0, 0.05) is 6.07 Å². The lowest BCUT2D eigenvalue weighted by Crippen LogP contribution is -2.64. The van der Waals surface area contributed by atoms with E-state index in [2.05, 4.69) is 10.5 Å². The fourth-order valence-electron chi connectivity index (χ4n) is 2.50. The van der Waals surface area contributed by atoms with Gasteiger partial charge in [-0.15, -0.1) is 0 Å². The van der Waals surface area contributed by atoms with E-state index >= 15 is 0 Å². The smallest absolute Gasteiger partial charge is 0.246 e. The van der Waals surface area contributed by atoms with E-state index in [1.165, 1.54) is 0 Å². The third-order valence-corrected chi connectivity index (χ3v) is 3.59. The highest BCUT2D eigenvalue weighted by Crippen LogP contribution is 2.20. The van der Waals surface area contributed by atoms with E-state index in [1.807, 2.05) is 20.8 Å². The summed E-state index contributed by atoms with van der Waals surface area (Å²) in [5.74, 6) is 0.617. The summed E-state index contributed by atoms with van der Waals surface area (Å²) >= 11 is 0. The van der Waals surface area contributed by atoms with Gasteiger partial charge in [-0.25, -0.2) is 0 Å². The second-order valence-electron chi connectivity index (χ2n) is 5.55. The third-order valence-electron chi connectivity index (χ3n) is 3.59. The number of rotatable bonds is 4. The van der Waals surface area contributed by atoms with Crippen LogP contribution in [0.15, 0.2) is 10.6 Å². The highest BCUT2D eigenvalue weighted by molar-refractivity contribution is 5.97. The Hall–Kier alpha value is -1.85. The Bertz CT molecular complexity index is 510. The Kier molecular flexibility index (Phi) is 4.11. The van der Waals surface area contributed by atoms with E-state index < -0.39 is 12.1 Å². The van der Waals surface area contributed by atoms with Crippen LogP contribution in [0.1, 0.15) is 38.6 Å². The summed E-state index contributed by atoms with van der Waals surface area (Å²) in [5, 5.41) is 6.72. The lowest BCUT2D eigenvalue weighted by molar-refractivity contribution is -0.151. The normalized spacial score (nSPS) is 23.4. The van der Waals surface area contributed by atoms with Crippen LogP contribution in [-0.2, 0) is 16.1 Å². The van der Waals surface area contributed by atoms with Crippen molar-refractivity contribution in [3.8, 4) is 0 Å². The highest BCUT2D eigenvalue weighted by Gasteiger charge is 2.40. The molecule has 1 aliphatic heterocycles. The van der Waals surface area contributed by atoms with Crippen molar-refractivity contribution in [3.05, 3.63) is 17.5 Å². The summed E-state index contributed by atoms with van der Waals surface area (Å²) in [5.41, 5.74) is 0.673. The predicted molar refractivity (Wildman–Crippen MR) is 72.6 cm³/mol. The molecule has 0 spiro atoms. The van der Waals surface area contributed by atoms with Crippen molar-refractivity contribution < 1.29 is 14.1 Å². The van der Waals surface area contributed by atoms with Crippen LogP contribution in [0.3, 0.4) is 0 Å². The van der Waals surface area contributed by atoms with Crippen LogP contribution in [-0.4, -0.2) is 34.0 Å². The maximum Gasteiger partial charge on any atom is 0.246 e. The van der Waals surface area contributed by atoms with Crippen molar-refractivity contribution >= 4 is 11.8 Å². The summed E-state index contributed by atoms with van der Waals surface area (Å²) in [6, 6.07) is 0.893. The molecule has 2 heterocycles. The van der Waals surface area contributed by atoms with E-state index in [-0.39, 0.29) is 17.7 Å². The standard InChI is InChI=1S/C14H21N3O3/c1-5-11-13(18)15-12(8(2)3)14(19)17(11)7-10-6-9(4)20-16-10/h6,8,11-12H,5,7H2,1-4H3,(H,15,18). The van der Waals surface area contributed by atoms with Crippen LogP contribution >= 0.6 is 0 Å². The number of nitrogens with zero attached hydrogens (tertiary/aromatic N) is 2. The summed E-state index contributed by atoms with van der Waals surface area (Å²) in [7, 11) is 0. The van der Waals surface area contributed by atoms with Gasteiger partial charge in [0.25, 0.3) is 0 Å². The number of carbonyl (C=O) groups excluding carboxylic acids is 2. The van der Waals surface area contributed by atoms with Crippen LogP contribution in [0.25, 0.3) is 0 Å². The Morgan fingerprint density at radius 1 is 1.45 bits per heavy atom. The van der Waals surface area contributed by atoms with E-state index in [0.717, 1.165) is 0 Å². The molecule has 1 aromatic rings. The fourth-order valence-corrected chi connectivity index (χ4v) is 2.50. The van der Waals surface area contributed by atoms with Gasteiger partial charge in [-0.2, -0.15) is 0 Å². The number of hydrogen-bond acceptors (Lipinski definition) is 4. The number of aromatic nitrogens is 1. The molecule has 0 bridgehead atoms. The summed E-state index contributed by atoms with van der Waals surface area (Å²) in [4.78, 5) is 26.3. The largest absolute Gasteiger partial charge is 0.361 e. The second kappa shape index (κ2) is 5.64.